The van der Waals surface area contributed by atoms with Gasteiger partial charge >= 0.3 is 0 Å². The molecule has 0 nitrogen and oxygen atoms in total. The van der Waals surface area contributed by atoms with Gasteiger partial charge in [-0.15, -0.1) is 0 Å². The summed E-state index contributed by atoms with van der Waals surface area (Å²) in [7, 11) is 0. The first-order chi connectivity index (χ1) is 3.91. The zero-order chi connectivity index (χ0) is 6.24. The highest BCUT2D eigenvalue weighted by molar-refractivity contribution is 4.39. The van der Waals surface area contributed by atoms with E-state index in [1.54, 1.807) is 0 Å². The Labute approximate surface area is 53.3 Å². The lowest BCUT2D eigenvalue weighted by Gasteiger charge is -1.93. The van der Waals surface area contributed by atoms with Crippen LogP contribution < -0.4 is 0 Å². The maximum Gasteiger partial charge on any atom is -0.0533 e. The minimum atomic E-state index is 1.36. The number of hydrogen-bond donors (Lipinski definition) is 0. The Morgan fingerprint density at radius 2 is 1.00 bits per heavy atom. The molecule has 0 aromatic heterocycles. The first kappa shape index (κ1) is 8.00. The Bertz CT molecular complexity index is 25.0. The first-order valence-corrected chi connectivity index (χ1v) is 3.91. The molecular weight excluding hydrogens is 98.1 g/mol. The van der Waals surface area contributed by atoms with Crippen LogP contribution in [0.15, 0.2) is 0 Å². The van der Waals surface area contributed by atoms with Gasteiger partial charge in [-0.1, -0.05) is 52.4 Å². The second-order valence-corrected chi connectivity index (χ2v) is 2.41. The van der Waals surface area contributed by atoms with Crippen molar-refractivity contribution in [1.29, 1.82) is 0 Å². The van der Waals surface area contributed by atoms with Crippen molar-refractivity contribution < 1.29 is 0 Å². The van der Waals surface area contributed by atoms with Crippen LogP contribution in [0.3, 0.4) is 0 Å². The van der Waals surface area contributed by atoms with Crippen LogP contribution in [0, 0.1) is 0 Å². The molecule has 0 saturated heterocycles. The van der Waals surface area contributed by atoms with E-state index in [1.807, 2.05) is 0 Å². The number of rotatable bonds is 5. The monoisotopic (exact) mass is 116 g/mol. The second kappa shape index (κ2) is 7.00. The topological polar surface area (TPSA) is 0 Å². The van der Waals surface area contributed by atoms with E-state index < -0.39 is 0 Å². The van der Waals surface area contributed by atoms with Crippen LogP contribution in [0.2, 0.25) is 0 Å². The quantitative estimate of drug-likeness (QED) is 0.381. The highest BCUT2D eigenvalue weighted by Crippen LogP contribution is 2.03. The van der Waals surface area contributed by atoms with Crippen molar-refractivity contribution in [3.63, 3.8) is 0 Å². The van der Waals surface area contributed by atoms with Gasteiger partial charge < -0.3 is 0 Å². The highest BCUT2D eigenvalue weighted by atomic mass is 14.3. The smallest absolute Gasteiger partial charge is 0.0533 e. The summed E-state index contributed by atoms with van der Waals surface area (Å²) >= 11 is 0. The van der Waals surface area contributed by atoms with Gasteiger partial charge in [-0.3, -0.25) is 0 Å². The lowest BCUT2D eigenvalue weighted by molar-refractivity contribution is 0.624. The van der Waals surface area contributed by atoms with Crippen LogP contribution in [0.25, 0.3) is 0 Å². The molecule has 8 heavy (non-hydrogen) atoms. The van der Waals surface area contributed by atoms with Gasteiger partial charge in [0.25, 0.3) is 0 Å². The minimum Gasteiger partial charge on any atom is -0.0654 e. The zero-order valence-corrected chi connectivity index (χ0v) is 6.24. The van der Waals surface area contributed by atoms with Crippen LogP contribution in [0.4, 0.5) is 0 Å². The summed E-state index contributed by atoms with van der Waals surface area (Å²) in [4.78, 5) is 0. The van der Waals surface area contributed by atoms with Gasteiger partial charge in [-0.2, -0.15) is 0 Å². The van der Waals surface area contributed by atoms with Crippen LogP contribution in [0.5, 0.6) is 0 Å². The molecule has 0 aromatic carbocycles. The molecule has 0 saturated carbocycles. The van der Waals surface area contributed by atoms with Gasteiger partial charge in [0.15, 0.2) is 0 Å². The average molecular weight is 116 g/mol. The van der Waals surface area contributed by atoms with E-state index in [-0.39, 0.29) is 0 Å². The summed E-state index contributed by atoms with van der Waals surface area (Å²) in [6.07, 6.45) is 8.49. The third-order valence-corrected chi connectivity index (χ3v) is 1.46. The highest BCUT2D eigenvalue weighted by Gasteiger charge is 1.83. The fourth-order valence-electron chi connectivity index (χ4n) is 0.854. The lowest BCUT2D eigenvalue weighted by atomic mass is 10.2. The Kier molecular flexibility index (Phi) is 7.00. The maximum absolute atomic E-state index is 2.26. The minimum absolute atomic E-state index is 1.36. The molecule has 0 atom stereocenters. The first-order valence-electron chi connectivity index (χ1n) is 3.91. The van der Waals surface area contributed by atoms with E-state index in [0.717, 1.165) is 0 Å². The van der Waals surface area contributed by atoms with Gasteiger partial charge in [-0.05, 0) is 0 Å². The Balaban J connectivity index is 2.53. The Morgan fingerprint density at radius 3 is 1.25 bits per heavy atom. The van der Waals surface area contributed by atoms with E-state index in [9.17, 15) is 0 Å². The van der Waals surface area contributed by atoms with Crippen molar-refractivity contribution in [3.8, 4) is 0 Å². The number of hydrogen-bond acceptors (Lipinski definition) is 0. The SMILES string of the molecule is CCCCCC[13CH2][13CH3]. The molecular formula is C8H18. The Morgan fingerprint density at radius 1 is 0.625 bits per heavy atom. The summed E-state index contributed by atoms with van der Waals surface area (Å²) in [5.41, 5.74) is 0. The average Bonchev–Trinajstić information content (AvgIpc) is 1.81. The van der Waals surface area contributed by atoms with Crippen LogP contribution in [-0.4, -0.2) is 0 Å². The van der Waals surface area contributed by atoms with Gasteiger partial charge in [0.1, 0.15) is 0 Å². The third-order valence-electron chi connectivity index (χ3n) is 1.46. The third kappa shape index (κ3) is 6.00. The maximum atomic E-state index is 2.26. The van der Waals surface area contributed by atoms with Gasteiger partial charge in [0.05, 0.1) is 0 Å². The molecule has 0 spiro atoms. The van der Waals surface area contributed by atoms with E-state index >= 15 is 0 Å². The molecule has 0 N–H and O–H groups in total. The molecule has 0 aromatic rings. The molecule has 0 aliphatic carbocycles. The van der Waals surface area contributed by atoms with Crippen molar-refractivity contribution in [3.05, 3.63) is 0 Å². The molecule has 0 heterocycles. The molecule has 0 amide bonds. The lowest BCUT2D eigenvalue weighted by Crippen LogP contribution is -1.73. The predicted octanol–water partition coefficient (Wildman–Crippen LogP) is 3.37. The molecule has 0 heteroatoms. The molecule has 0 aliphatic heterocycles. The molecule has 0 aliphatic rings. The van der Waals surface area contributed by atoms with Crippen LogP contribution in [0.1, 0.15) is 52.4 Å². The van der Waals surface area contributed by atoms with Crippen molar-refractivity contribution >= 4 is 0 Å². The van der Waals surface area contributed by atoms with Crippen LogP contribution >= 0.6 is 0 Å². The summed E-state index contributed by atoms with van der Waals surface area (Å²) in [5, 5.41) is 0. The van der Waals surface area contributed by atoms with E-state index in [0.29, 0.717) is 0 Å². The molecule has 0 unspecified atom stereocenters. The fourth-order valence-corrected chi connectivity index (χ4v) is 0.854. The zero-order valence-electron chi connectivity index (χ0n) is 6.24. The van der Waals surface area contributed by atoms with E-state index in [1.165, 1.54) is 38.5 Å². The Hall–Kier alpha value is 0. The molecule has 50 valence electrons. The fraction of sp³-hybridized carbons (Fsp3) is 1.00. The molecule has 0 bridgehead atoms. The van der Waals surface area contributed by atoms with Gasteiger partial charge in [0.2, 0.25) is 0 Å². The largest absolute Gasteiger partial charge is 0.0654 e. The number of unbranched alkanes of at least 4 members (excludes halogenated alkanes) is 5. The van der Waals surface area contributed by atoms with Crippen molar-refractivity contribution in [1.82, 2.24) is 0 Å². The molecule has 0 radical (unpaired) electrons. The van der Waals surface area contributed by atoms with Crippen LogP contribution in [-0.2, 0) is 0 Å². The predicted molar refractivity (Wildman–Crippen MR) is 39.0 cm³/mol. The van der Waals surface area contributed by atoms with Crippen molar-refractivity contribution in [2.75, 3.05) is 0 Å². The normalized spacial score (nSPS) is 9.75. The molecule has 0 fully saturated rings. The van der Waals surface area contributed by atoms with E-state index in [4.69, 9.17) is 0 Å². The standard InChI is InChI=1S/C8H18/c1-3-5-7-8-6-4-2/h3-8H2,1-2H3/i1+1,3+1. The van der Waals surface area contributed by atoms with Gasteiger partial charge in [0, 0.05) is 0 Å². The summed E-state index contributed by atoms with van der Waals surface area (Å²) in [5.74, 6) is 0. The summed E-state index contributed by atoms with van der Waals surface area (Å²) in [6.45, 7) is 4.51. The summed E-state index contributed by atoms with van der Waals surface area (Å²) in [6, 6.07) is 0. The van der Waals surface area contributed by atoms with Crippen molar-refractivity contribution in [2.24, 2.45) is 0 Å². The van der Waals surface area contributed by atoms with Gasteiger partial charge in [-0.25, -0.2) is 0 Å². The summed E-state index contributed by atoms with van der Waals surface area (Å²) < 4.78 is 0. The second-order valence-electron chi connectivity index (χ2n) is 2.41. The van der Waals surface area contributed by atoms with E-state index in [2.05, 4.69) is 13.8 Å². The van der Waals surface area contributed by atoms with Crippen molar-refractivity contribution in [2.45, 2.75) is 52.4 Å². The molecule has 0 rings (SSSR count).